The van der Waals surface area contributed by atoms with E-state index in [-0.39, 0.29) is 12.4 Å². The Kier molecular flexibility index (Phi) is 6.97. The fourth-order valence-corrected chi connectivity index (χ4v) is 3.25. The first-order valence-electron chi connectivity index (χ1n) is 9.72. The van der Waals surface area contributed by atoms with Crippen LogP contribution in [0.1, 0.15) is 33.1 Å². The Morgan fingerprint density at radius 3 is 2.58 bits per heavy atom. The highest BCUT2D eigenvalue weighted by atomic mass is 16.5. The van der Waals surface area contributed by atoms with Gasteiger partial charge in [-0.25, -0.2) is 4.79 Å². The standard InChI is InChI=1S/C24H25NO6/c1-16-12-18(17(2)25(16)14-20-6-5-11-30-20)7-10-24(27)31-15-22(26)21-9-8-19(28-3)13-23(21)29-4/h5-13H,14-15H2,1-4H3/b10-7+. The van der Waals surface area contributed by atoms with Crippen LogP contribution >= 0.6 is 0 Å². The van der Waals surface area contributed by atoms with Crippen molar-refractivity contribution in [1.29, 1.82) is 0 Å². The Labute approximate surface area is 180 Å². The molecule has 0 aliphatic rings. The third-order valence-electron chi connectivity index (χ3n) is 4.96. The van der Waals surface area contributed by atoms with Gasteiger partial charge in [-0.3, -0.25) is 4.79 Å². The molecule has 0 aliphatic carbocycles. The third kappa shape index (κ3) is 5.25. The Morgan fingerprint density at radius 1 is 1.10 bits per heavy atom. The average Bonchev–Trinajstić information content (AvgIpc) is 3.39. The van der Waals surface area contributed by atoms with E-state index in [0.717, 1.165) is 22.7 Å². The van der Waals surface area contributed by atoms with Gasteiger partial charge in [0, 0.05) is 23.5 Å². The summed E-state index contributed by atoms with van der Waals surface area (Å²) in [6.07, 6.45) is 4.64. The van der Waals surface area contributed by atoms with Gasteiger partial charge in [-0.05, 0) is 55.8 Å². The van der Waals surface area contributed by atoms with Gasteiger partial charge in [0.2, 0.25) is 5.78 Å². The number of aryl methyl sites for hydroxylation is 1. The first kappa shape index (κ1) is 22.0. The molecule has 2 aromatic heterocycles. The quantitative estimate of drug-likeness (QED) is 0.292. The molecule has 7 heteroatoms. The molecule has 0 radical (unpaired) electrons. The molecule has 162 valence electrons. The van der Waals surface area contributed by atoms with E-state index in [4.69, 9.17) is 18.6 Å². The van der Waals surface area contributed by atoms with Crippen LogP contribution in [0.15, 0.2) is 53.2 Å². The lowest BCUT2D eigenvalue weighted by atomic mass is 10.1. The summed E-state index contributed by atoms with van der Waals surface area (Å²) >= 11 is 0. The number of ketones is 1. The average molecular weight is 423 g/mol. The molecule has 0 bridgehead atoms. The van der Waals surface area contributed by atoms with Crippen LogP contribution in [0, 0.1) is 13.8 Å². The van der Waals surface area contributed by atoms with E-state index in [1.54, 1.807) is 30.5 Å². The highest BCUT2D eigenvalue weighted by Crippen LogP contribution is 2.25. The molecule has 3 rings (SSSR count). The smallest absolute Gasteiger partial charge is 0.331 e. The van der Waals surface area contributed by atoms with Crippen molar-refractivity contribution in [1.82, 2.24) is 4.57 Å². The fourth-order valence-electron chi connectivity index (χ4n) is 3.25. The maximum atomic E-state index is 12.4. The van der Waals surface area contributed by atoms with Crippen LogP contribution in [0.3, 0.4) is 0 Å². The summed E-state index contributed by atoms with van der Waals surface area (Å²) in [6.45, 7) is 4.19. The lowest BCUT2D eigenvalue weighted by Gasteiger charge is -2.09. The number of Topliss-reactive ketones (excluding diaryl/α,β-unsaturated/α-hetero) is 1. The molecular weight excluding hydrogens is 398 g/mol. The molecule has 0 fully saturated rings. The number of esters is 1. The number of furan rings is 1. The van der Waals surface area contributed by atoms with Gasteiger partial charge >= 0.3 is 5.97 Å². The minimum Gasteiger partial charge on any atom is -0.497 e. The van der Waals surface area contributed by atoms with Crippen molar-refractivity contribution >= 4 is 17.8 Å². The zero-order chi connectivity index (χ0) is 22.4. The van der Waals surface area contributed by atoms with Crippen LogP contribution in [0.25, 0.3) is 6.08 Å². The molecule has 0 amide bonds. The number of hydrogen-bond acceptors (Lipinski definition) is 6. The highest BCUT2D eigenvalue weighted by Gasteiger charge is 2.15. The van der Waals surface area contributed by atoms with Crippen molar-refractivity contribution < 1.29 is 28.2 Å². The molecular formula is C24H25NO6. The number of rotatable bonds is 9. The first-order chi connectivity index (χ1) is 14.9. The number of carbonyl (C=O) groups is 2. The minimum absolute atomic E-state index is 0.321. The van der Waals surface area contributed by atoms with Gasteiger partial charge in [0.25, 0.3) is 0 Å². The summed E-state index contributed by atoms with van der Waals surface area (Å²) < 4.78 is 23.0. The largest absolute Gasteiger partial charge is 0.497 e. The molecule has 0 unspecified atom stereocenters. The van der Waals surface area contributed by atoms with Gasteiger partial charge in [0.1, 0.15) is 17.3 Å². The number of benzene rings is 1. The number of aromatic nitrogens is 1. The van der Waals surface area contributed by atoms with Crippen molar-refractivity contribution in [3.8, 4) is 11.5 Å². The second-order valence-corrected chi connectivity index (χ2v) is 6.92. The molecule has 0 N–H and O–H groups in total. The molecule has 2 heterocycles. The molecule has 31 heavy (non-hydrogen) atoms. The van der Waals surface area contributed by atoms with E-state index < -0.39 is 5.97 Å². The number of hydrogen-bond donors (Lipinski definition) is 0. The summed E-state index contributed by atoms with van der Waals surface area (Å²) in [7, 11) is 2.99. The van der Waals surface area contributed by atoms with E-state index in [2.05, 4.69) is 4.57 Å². The van der Waals surface area contributed by atoms with Crippen molar-refractivity contribution in [2.24, 2.45) is 0 Å². The van der Waals surface area contributed by atoms with Gasteiger partial charge in [-0.15, -0.1) is 0 Å². The number of nitrogens with zero attached hydrogens (tertiary/aromatic N) is 1. The molecule has 0 atom stereocenters. The summed E-state index contributed by atoms with van der Waals surface area (Å²) in [6, 6.07) is 10.6. The lowest BCUT2D eigenvalue weighted by molar-refractivity contribution is -0.136. The van der Waals surface area contributed by atoms with Crippen LogP contribution in [0.2, 0.25) is 0 Å². The van der Waals surface area contributed by atoms with Gasteiger partial charge in [0.15, 0.2) is 6.61 Å². The summed E-state index contributed by atoms with van der Waals surface area (Å²) in [5, 5.41) is 0. The Balaban J connectivity index is 1.62. The molecule has 7 nitrogen and oxygen atoms in total. The monoisotopic (exact) mass is 423 g/mol. The van der Waals surface area contributed by atoms with E-state index in [9.17, 15) is 9.59 Å². The van der Waals surface area contributed by atoms with Crippen LogP contribution in [0.5, 0.6) is 11.5 Å². The summed E-state index contributed by atoms with van der Waals surface area (Å²) in [4.78, 5) is 24.6. The Bertz CT molecular complexity index is 1090. The second kappa shape index (κ2) is 9.84. The topological polar surface area (TPSA) is 79.9 Å². The Hall–Kier alpha value is -3.74. The van der Waals surface area contributed by atoms with Crippen molar-refractivity contribution in [2.45, 2.75) is 20.4 Å². The van der Waals surface area contributed by atoms with Crippen molar-refractivity contribution in [3.63, 3.8) is 0 Å². The zero-order valence-corrected chi connectivity index (χ0v) is 18.0. The normalized spacial score (nSPS) is 11.0. The fraction of sp³-hybridized carbons (Fsp3) is 0.250. The van der Waals surface area contributed by atoms with Gasteiger partial charge < -0.3 is 23.2 Å². The van der Waals surface area contributed by atoms with E-state index in [1.807, 2.05) is 32.0 Å². The number of carbonyl (C=O) groups excluding carboxylic acids is 2. The molecule has 3 aromatic rings. The number of methoxy groups -OCH3 is 2. The first-order valence-corrected chi connectivity index (χ1v) is 9.72. The Morgan fingerprint density at radius 2 is 1.90 bits per heavy atom. The predicted molar refractivity (Wildman–Crippen MR) is 116 cm³/mol. The van der Waals surface area contributed by atoms with E-state index in [1.165, 1.54) is 20.3 Å². The predicted octanol–water partition coefficient (Wildman–Crippen LogP) is 4.20. The van der Waals surface area contributed by atoms with Gasteiger partial charge in [-0.1, -0.05) is 0 Å². The molecule has 1 aromatic carbocycles. The SMILES string of the molecule is COc1ccc(C(=O)COC(=O)/C=C/c2cc(C)n(Cc3ccco3)c2C)c(OC)c1. The second-order valence-electron chi connectivity index (χ2n) is 6.92. The van der Waals surface area contributed by atoms with Crippen molar-refractivity contribution in [2.75, 3.05) is 20.8 Å². The zero-order valence-electron chi connectivity index (χ0n) is 18.0. The van der Waals surface area contributed by atoms with Gasteiger partial charge in [-0.2, -0.15) is 0 Å². The van der Waals surface area contributed by atoms with E-state index in [0.29, 0.717) is 23.6 Å². The van der Waals surface area contributed by atoms with Crippen LogP contribution in [-0.2, 0) is 16.1 Å². The van der Waals surface area contributed by atoms with Crippen LogP contribution < -0.4 is 9.47 Å². The van der Waals surface area contributed by atoms with Crippen LogP contribution in [-0.4, -0.2) is 37.1 Å². The molecule has 0 aliphatic heterocycles. The maximum Gasteiger partial charge on any atom is 0.331 e. The molecule has 0 saturated heterocycles. The molecule has 0 spiro atoms. The van der Waals surface area contributed by atoms with Gasteiger partial charge in [0.05, 0.1) is 32.6 Å². The lowest BCUT2D eigenvalue weighted by Crippen LogP contribution is -2.13. The summed E-state index contributed by atoms with van der Waals surface area (Å²) in [5.41, 5.74) is 3.26. The third-order valence-corrected chi connectivity index (χ3v) is 4.96. The minimum atomic E-state index is -0.600. The van der Waals surface area contributed by atoms with Crippen molar-refractivity contribution in [3.05, 3.63) is 77.0 Å². The maximum absolute atomic E-state index is 12.4. The molecule has 0 saturated carbocycles. The highest BCUT2D eigenvalue weighted by molar-refractivity contribution is 6.01. The van der Waals surface area contributed by atoms with Crippen LogP contribution in [0.4, 0.5) is 0 Å². The summed E-state index contributed by atoms with van der Waals surface area (Å²) in [5.74, 6) is 0.816. The van der Waals surface area contributed by atoms with E-state index >= 15 is 0 Å². The number of ether oxygens (including phenoxy) is 3.